The predicted molar refractivity (Wildman–Crippen MR) is 97.7 cm³/mol. The molecule has 0 aliphatic heterocycles. The zero-order valence-corrected chi connectivity index (χ0v) is 14.8. The molecule has 5 heteroatoms. The second-order valence-electron chi connectivity index (χ2n) is 5.82. The van der Waals surface area contributed by atoms with Crippen LogP contribution in [0.2, 0.25) is 5.02 Å². The van der Waals surface area contributed by atoms with Crippen molar-refractivity contribution in [2.45, 2.75) is 13.0 Å². The fourth-order valence-corrected chi connectivity index (χ4v) is 2.39. The Morgan fingerprint density at radius 1 is 1.17 bits per heavy atom. The lowest BCUT2D eigenvalue weighted by Crippen LogP contribution is -2.27. The molecule has 0 atom stereocenters. The summed E-state index contributed by atoms with van der Waals surface area (Å²) >= 11 is 6.12. The summed E-state index contributed by atoms with van der Waals surface area (Å²) < 4.78 is 5.75. The van der Waals surface area contributed by atoms with E-state index in [1.54, 1.807) is 12.1 Å². The van der Waals surface area contributed by atoms with E-state index in [9.17, 15) is 4.79 Å². The third kappa shape index (κ3) is 5.87. The van der Waals surface area contributed by atoms with Crippen molar-refractivity contribution in [3.8, 4) is 5.75 Å². The number of benzene rings is 2. The first-order valence-electron chi connectivity index (χ1n) is 7.95. The van der Waals surface area contributed by atoms with Gasteiger partial charge in [0.05, 0.1) is 0 Å². The monoisotopic (exact) mass is 346 g/mol. The molecule has 1 N–H and O–H groups in total. The van der Waals surface area contributed by atoms with Crippen molar-refractivity contribution in [2.24, 2.45) is 0 Å². The molecule has 0 radical (unpaired) electrons. The Kier molecular flexibility index (Phi) is 7.09. The predicted octanol–water partition coefficient (Wildman–Crippen LogP) is 3.60. The van der Waals surface area contributed by atoms with E-state index in [0.717, 1.165) is 18.5 Å². The molecule has 0 spiro atoms. The number of ether oxygens (including phenoxy) is 1. The average molecular weight is 347 g/mol. The number of halogens is 1. The number of hydrogen-bond donors (Lipinski definition) is 1. The van der Waals surface area contributed by atoms with Gasteiger partial charge in [-0.25, -0.2) is 0 Å². The first-order chi connectivity index (χ1) is 11.6. The van der Waals surface area contributed by atoms with Gasteiger partial charge in [-0.05, 0) is 51.3 Å². The molecule has 0 heterocycles. The Bertz CT molecular complexity index is 674. The zero-order chi connectivity index (χ0) is 17.4. The van der Waals surface area contributed by atoms with Crippen molar-refractivity contribution in [1.29, 1.82) is 0 Å². The fourth-order valence-electron chi connectivity index (χ4n) is 2.20. The molecule has 2 rings (SSSR count). The smallest absolute Gasteiger partial charge is 0.251 e. The molecule has 0 unspecified atom stereocenters. The minimum atomic E-state index is -0.0862. The molecule has 24 heavy (non-hydrogen) atoms. The molecular weight excluding hydrogens is 324 g/mol. The van der Waals surface area contributed by atoms with Crippen molar-refractivity contribution in [3.05, 3.63) is 64.7 Å². The van der Waals surface area contributed by atoms with Crippen LogP contribution in [0.15, 0.2) is 48.5 Å². The Hall–Kier alpha value is -2.04. The molecule has 0 aliphatic rings. The standard InChI is InChI=1S/C19H23ClN2O2/c1-22(2)12-6-11-21-19(23)15-8-5-9-17(13-15)24-14-16-7-3-4-10-18(16)20/h3-5,7-10,13H,6,11-12,14H2,1-2H3,(H,21,23). The van der Waals surface area contributed by atoms with Gasteiger partial charge in [0.2, 0.25) is 0 Å². The molecule has 0 bridgehead atoms. The first-order valence-corrected chi connectivity index (χ1v) is 8.33. The van der Waals surface area contributed by atoms with E-state index >= 15 is 0 Å². The molecule has 0 saturated carbocycles. The van der Waals surface area contributed by atoms with Crippen molar-refractivity contribution < 1.29 is 9.53 Å². The van der Waals surface area contributed by atoms with Gasteiger partial charge in [-0.15, -0.1) is 0 Å². The van der Waals surface area contributed by atoms with Crippen LogP contribution in [0, 0.1) is 0 Å². The maximum Gasteiger partial charge on any atom is 0.251 e. The summed E-state index contributed by atoms with van der Waals surface area (Å²) in [7, 11) is 4.03. The molecule has 1 amide bonds. The van der Waals surface area contributed by atoms with Gasteiger partial charge in [0.15, 0.2) is 0 Å². The second kappa shape index (κ2) is 9.30. The van der Waals surface area contributed by atoms with Crippen LogP contribution >= 0.6 is 11.6 Å². The average Bonchev–Trinajstić information content (AvgIpc) is 2.58. The maximum atomic E-state index is 12.2. The summed E-state index contributed by atoms with van der Waals surface area (Å²) in [5.74, 6) is 0.563. The third-order valence-corrected chi connectivity index (χ3v) is 3.88. The number of carbonyl (C=O) groups is 1. The Morgan fingerprint density at radius 2 is 1.96 bits per heavy atom. The van der Waals surface area contributed by atoms with E-state index in [0.29, 0.717) is 29.5 Å². The van der Waals surface area contributed by atoms with Crippen molar-refractivity contribution in [3.63, 3.8) is 0 Å². The molecule has 128 valence electrons. The second-order valence-corrected chi connectivity index (χ2v) is 6.23. The van der Waals surface area contributed by atoms with E-state index in [2.05, 4.69) is 10.2 Å². The lowest BCUT2D eigenvalue weighted by molar-refractivity contribution is 0.0952. The Balaban J connectivity index is 1.89. The Morgan fingerprint density at radius 3 is 2.71 bits per heavy atom. The lowest BCUT2D eigenvalue weighted by atomic mass is 10.2. The fraction of sp³-hybridized carbons (Fsp3) is 0.316. The number of nitrogens with one attached hydrogen (secondary N) is 1. The molecular formula is C19H23ClN2O2. The Labute approximate surface area is 148 Å². The summed E-state index contributed by atoms with van der Waals surface area (Å²) in [5, 5.41) is 3.60. The molecule has 0 aliphatic carbocycles. The topological polar surface area (TPSA) is 41.6 Å². The van der Waals surface area contributed by atoms with Crippen LogP contribution in [-0.4, -0.2) is 38.0 Å². The summed E-state index contributed by atoms with van der Waals surface area (Å²) in [5.41, 5.74) is 1.51. The van der Waals surface area contributed by atoms with Crippen molar-refractivity contribution in [2.75, 3.05) is 27.2 Å². The normalized spacial score (nSPS) is 10.7. The highest BCUT2D eigenvalue weighted by molar-refractivity contribution is 6.31. The first kappa shape index (κ1) is 18.3. The van der Waals surface area contributed by atoms with Gasteiger partial charge in [0.1, 0.15) is 12.4 Å². The largest absolute Gasteiger partial charge is 0.489 e. The minimum absolute atomic E-state index is 0.0862. The molecule has 0 fully saturated rings. The highest BCUT2D eigenvalue weighted by Gasteiger charge is 2.07. The van der Waals surface area contributed by atoms with E-state index in [1.807, 2.05) is 50.5 Å². The van der Waals surface area contributed by atoms with E-state index in [1.165, 1.54) is 0 Å². The molecule has 2 aromatic rings. The van der Waals surface area contributed by atoms with Crippen LogP contribution in [0.4, 0.5) is 0 Å². The van der Waals surface area contributed by atoms with Crippen molar-refractivity contribution in [1.82, 2.24) is 10.2 Å². The van der Waals surface area contributed by atoms with E-state index < -0.39 is 0 Å². The van der Waals surface area contributed by atoms with Gasteiger partial charge < -0.3 is 15.0 Å². The lowest BCUT2D eigenvalue weighted by Gasteiger charge is -2.11. The van der Waals surface area contributed by atoms with Gasteiger partial charge in [0.25, 0.3) is 5.91 Å². The van der Waals surface area contributed by atoms with Gasteiger partial charge in [-0.1, -0.05) is 35.9 Å². The van der Waals surface area contributed by atoms with Gasteiger partial charge in [-0.3, -0.25) is 4.79 Å². The zero-order valence-electron chi connectivity index (χ0n) is 14.1. The number of hydrogen-bond acceptors (Lipinski definition) is 3. The van der Waals surface area contributed by atoms with Crippen LogP contribution in [0.25, 0.3) is 0 Å². The molecule has 2 aromatic carbocycles. The van der Waals surface area contributed by atoms with Crippen LogP contribution in [-0.2, 0) is 6.61 Å². The highest BCUT2D eigenvalue weighted by atomic mass is 35.5. The highest BCUT2D eigenvalue weighted by Crippen LogP contribution is 2.19. The quantitative estimate of drug-likeness (QED) is 0.742. The van der Waals surface area contributed by atoms with E-state index in [-0.39, 0.29) is 5.91 Å². The summed E-state index contributed by atoms with van der Waals surface area (Å²) in [6.45, 7) is 1.97. The number of amides is 1. The minimum Gasteiger partial charge on any atom is -0.489 e. The van der Waals surface area contributed by atoms with Gasteiger partial charge in [-0.2, -0.15) is 0 Å². The van der Waals surface area contributed by atoms with Crippen LogP contribution in [0.1, 0.15) is 22.3 Å². The molecule has 0 aromatic heterocycles. The summed E-state index contributed by atoms with van der Waals surface area (Å²) in [6, 6.07) is 14.7. The van der Waals surface area contributed by atoms with Crippen LogP contribution in [0.3, 0.4) is 0 Å². The number of carbonyl (C=O) groups excluding carboxylic acids is 1. The maximum absolute atomic E-state index is 12.2. The van der Waals surface area contributed by atoms with Crippen LogP contribution in [0.5, 0.6) is 5.75 Å². The molecule has 4 nitrogen and oxygen atoms in total. The van der Waals surface area contributed by atoms with Gasteiger partial charge in [0, 0.05) is 22.7 Å². The van der Waals surface area contributed by atoms with E-state index in [4.69, 9.17) is 16.3 Å². The third-order valence-electron chi connectivity index (χ3n) is 3.52. The summed E-state index contributed by atoms with van der Waals surface area (Å²) in [4.78, 5) is 14.3. The van der Waals surface area contributed by atoms with Crippen molar-refractivity contribution >= 4 is 17.5 Å². The summed E-state index contributed by atoms with van der Waals surface area (Å²) in [6.07, 6.45) is 0.918. The number of rotatable bonds is 8. The molecule has 0 saturated heterocycles. The van der Waals surface area contributed by atoms with Gasteiger partial charge >= 0.3 is 0 Å². The number of nitrogens with zero attached hydrogens (tertiary/aromatic N) is 1. The van der Waals surface area contributed by atoms with Crippen LogP contribution < -0.4 is 10.1 Å². The SMILES string of the molecule is CN(C)CCCNC(=O)c1cccc(OCc2ccccc2Cl)c1.